The summed E-state index contributed by atoms with van der Waals surface area (Å²) in [6.07, 6.45) is 2.82. The lowest BCUT2D eigenvalue weighted by Gasteiger charge is -2.35. The quantitative estimate of drug-likeness (QED) is 0.0571. The fourth-order valence-electron chi connectivity index (χ4n) is 18.6. The van der Waals surface area contributed by atoms with Gasteiger partial charge in [0.1, 0.15) is 16.1 Å². The molecule has 0 N–H and O–H groups in total. The van der Waals surface area contributed by atoms with E-state index in [1.54, 1.807) is 0 Å². The van der Waals surface area contributed by atoms with Crippen molar-refractivity contribution in [2.24, 2.45) is 0 Å². The summed E-state index contributed by atoms with van der Waals surface area (Å²) in [6, 6.07) is 151. The van der Waals surface area contributed by atoms with Gasteiger partial charge in [0.15, 0.2) is 21.8 Å². The van der Waals surface area contributed by atoms with E-state index in [1.165, 1.54) is 151 Å². The van der Waals surface area contributed by atoms with Gasteiger partial charge in [-0.25, -0.2) is 4.85 Å². The van der Waals surface area contributed by atoms with E-state index < -0.39 is 32.3 Å². The zero-order valence-corrected chi connectivity index (χ0v) is 65.1. The van der Waals surface area contributed by atoms with Crippen LogP contribution in [0.15, 0.2) is 400 Å². The minimum atomic E-state index is -2.84. The highest BCUT2D eigenvalue weighted by atomic mass is 28.3. The molecule has 3 aliphatic carbocycles. The molecule has 0 unspecified atom stereocenters. The number of hydrogen-bond acceptors (Lipinski definition) is 1. The van der Waals surface area contributed by atoms with Gasteiger partial charge < -0.3 is 0 Å². The van der Waals surface area contributed by atoms with E-state index in [9.17, 15) is 5.26 Å². The van der Waals surface area contributed by atoms with Crippen molar-refractivity contribution < 1.29 is 0 Å². The maximum Gasteiger partial charge on any atom is 0.187 e. The Kier molecular flexibility index (Phi) is 17.9. The summed E-state index contributed by atoms with van der Waals surface area (Å²) in [4.78, 5) is 3.74. The predicted molar refractivity (Wildman–Crippen MR) is 468 cm³/mol. The van der Waals surface area contributed by atoms with Gasteiger partial charge in [-0.15, -0.1) is 0 Å². The molecule has 0 heterocycles. The number of hydrogen-bond donors (Lipinski definition) is 0. The van der Waals surface area contributed by atoms with Crippen molar-refractivity contribution in [1.29, 1.82) is 5.26 Å². The number of nitrogens with zero attached hydrogens (tertiary/aromatic N) is 2. The molecule has 0 radical (unpaired) electrons. The lowest BCUT2D eigenvalue weighted by Crippen LogP contribution is -2.74. The first-order chi connectivity index (χ1) is 53.7. The average Bonchev–Trinajstić information content (AvgIpc) is 1.73. The topological polar surface area (TPSA) is 28.1 Å². The molecule has 0 saturated heterocycles. The fraction of sp³-hybridized carbons (Fsp3) is 0.0485. The molecular formula is C103H78N2Si4. The van der Waals surface area contributed by atoms with E-state index in [4.69, 9.17) is 6.57 Å². The molecule has 0 fully saturated rings. The molecule has 516 valence electrons. The van der Waals surface area contributed by atoms with Gasteiger partial charge in [-0.05, 0) is 182 Å². The third-order valence-corrected chi connectivity index (χ3v) is 42.6. The van der Waals surface area contributed by atoms with Gasteiger partial charge in [0.25, 0.3) is 0 Å². The van der Waals surface area contributed by atoms with Crippen LogP contribution in [0.25, 0.3) is 49.4 Å². The predicted octanol–water partition coefficient (Wildman–Crippen LogP) is 15.1. The van der Waals surface area contributed by atoms with E-state index >= 15 is 0 Å². The Labute approximate surface area is 644 Å². The Bertz CT molecular complexity index is 5600. The summed E-state index contributed by atoms with van der Waals surface area (Å²) >= 11 is 0. The maximum atomic E-state index is 9.75. The monoisotopic (exact) mass is 1450 g/mol. The molecule has 0 aromatic heterocycles. The minimum absolute atomic E-state index is 0.648. The van der Waals surface area contributed by atoms with Gasteiger partial charge in [0.2, 0.25) is 0 Å². The Morgan fingerprint density at radius 1 is 0.239 bits per heavy atom. The van der Waals surface area contributed by atoms with Crippen LogP contribution in [0.1, 0.15) is 38.9 Å². The molecule has 19 rings (SSSR count). The summed E-state index contributed by atoms with van der Waals surface area (Å²) < 4.78 is 0. The molecule has 16 aromatic rings. The third-order valence-electron chi connectivity index (χ3n) is 24.2. The van der Waals surface area contributed by atoms with Crippen LogP contribution in [0.4, 0.5) is 5.69 Å². The zero-order valence-electron chi connectivity index (χ0n) is 61.1. The normalized spacial score (nSPS) is 12.4. The molecular weight excluding hydrogens is 1380 g/mol. The van der Waals surface area contributed by atoms with Crippen molar-refractivity contribution in [3.05, 3.63) is 451 Å². The second kappa shape index (κ2) is 28.6. The molecule has 0 bridgehead atoms. The van der Waals surface area contributed by atoms with Crippen molar-refractivity contribution in [2.45, 2.75) is 32.4 Å². The van der Waals surface area contributed by atoms with Gasteiger partial charge in [-0.2, -0.15) is 5.26 Å². The third kappa shape index (κ3) is 11.6. The fourth-order valence-corrected chi connectivity index (χ4v) is 35.2. The summed E-state index contributed by atoms with van der Waals surface area (Å²) in [5.41, 5.74) is 20.7. The number of nitriles is 1. The number of benzene rings is 16. The molecule has 3 aliphatic rings. The van der Waals surface area contributed by atoms with Crippen molar-refractivity contribution >= 4 is 111 Å². The molecule has 0 atom stereocenters. The first-order valence-corrected chi connectivity index (χ1v) is 46.9. The van der Waals surface area contributed by atoms with Crippen LogP contribution in [0, 0.1) is 17.9 Å². The smallest absolute Gasteiger partial charge is 0.187 e. The van der Waals surface area contributed by atoms with Gasteiger partial charge in [-0.1, -0.05) is 401 Å². The molecule has 0 spiro atoms. The van der Waals surface area contributed by atoms with Crippen molar-refractivity contribution in [1.82, 2.24) is 0 Å². The van der Waals surface area contributed by atoms with Crippen LogP contribution in [0.2, 0.25) is 13.1 Å². The Balaban J connectivity index is 0.000000153. The minimum Gasteiger partial charge on any atom is -0.238 e. The second-order valence-electron chi connectivity index (χ2n) is 29.7. The molecule has 0 aliphatic heterocycles. The number of rotatable bonds is 15. The molecule has 2 nitrogen and oxygen atoms in total. The Morgan fingerprint density at radius 2 is 0.477 bits per heavy atom. The van der Waals surface area contributed by atoms with Crippen LogP contribution >= 0.6 is 0 Å². The van der Waals surface area contributed by atoms with Crippen molar-refractivity contribution in [2.75, 3.05) is 0 Å². The van der Waals surface area contributed by atoms with E-state index in [1.807, 2.05) is 24.3 Å². The first-order valence-electron chi connectivity index (χ1n) is 37.9. The largest absolute Gasteiger partial charge is 0.238 e. The summed E-state index contributed by atoms with van der Waals surface area (Å²) in [7, 11) is -10.1. The lowest BCUT2D eigenvalue weighted by molar-refractivity contribution is 1.24. The molecule has 0 saturated carbocycles. The summed E-state index contributed by atoms with van der Waals surface area (Å²) in [6.45, 7) is 12.7. The van der Waals surface area contributed by atoms with E-state index in [0.29, 0.717) is 11.3 Å². The molecule has 0 amide bonds. The van der Waals surface area contributed by atoms with E-state index in [2.05, 4.69) is 400 Å². The number of fused-ring (bicyclic) bond motifs is 9. The molecule has 109 heavy (non-hydrogen) atoms. The highest BCUT2D eigenvalue weighted by Gasteiger charge is 2.45. The van der Waals surface area contributed by atoms with Gasteiger partial charge in [0, 0.05) is 0 Å². The van der Waals surface area contributed by atoms with Crippen LogP contribution in [-0.2, 0) is 19.3 Å². The summed E-state index contributed by atoms with van der Waals surface area (Å²) in [5.74, 6) is 0. The zero-order chi connectivity index (χ0) is 73.5. The maximum absolute atomic E-state index is 9.75. The Morgan fingerprint density at radius 3 is 0.780 bits per heavy atom. The van der Waals surface area contributed by atoms with E-state index in [0.717, 1.165) is 19.3 Å². The van der Waals surface area contributed by atoms with Crippen molar-refractivity contribution in [3.63, 3.8) is 0 Å². The standard InChI is InChI=1S/C52H42Si2.C51H36N2Si2/c1-53(39-17-7-3-8-18-39,40-19-9-4-10-20-40)43-31-29-37-33-51-45(25-15-27-47(51)49(37)35-43)46-26-16-28-48-50-36-44(32-30-38(50)34-52(46)48)54(2,41-21-11-5-12-22-41)42-23-13-6-14-24-42;1-53-41-26-32-47(33-27-41)55(44-18-10-4-11-19-44,45-20-12-5-13-21-45)49-31-25-40-34-39-24-30-48(35-50(39)51(40)36-49)54(42-14-6-2-7-15-42,43-16-8-3-9-17-43)46-28-22-38(37-52)23-29-46/h3-32,35-36H,33-34H2,1-2H3;2-33,35-36H,34H2. The van der Waals surface area contributed by atoms with Crippen LogP contribution in [-0.4, -0.2) is 32.3 Å². The van der Waals surface area contributed by atoms with Gasteiger partial charge in [-0.3, -0.25) is 0 Å². The lowest BCUT2D eigenvalue weighted by atomic mass is 9.90. The van der Waals surface area contributed by atoms with Crippen molar-refractivity contribution in [3.8, 4) is 50.6 Å². The second-order valence-corrected chi connectivity index (χ2v) is 45.3. The molecule has 16 aromatic carbocycles. The van der Waals surface area contributed by atoms with Crippen LogP contribution < -0.4 is 72.6 Å². The highest BCUT2D eigenvalue weighted by Crippen LogP contribution is 2.47. The van der Waals surface area contributed by atoms with Gasteiger partial charge >= 0.3 is 0 Å². The van der Waals surface area contributed by atoms with Gasteiger partial charge in [0.05, 0.1) is 18.2 Å². The van der Waals surface area contributed by atoms with E-state index in [-0.39, 0.29) is 0 Å². The average molecular weight is 1460 g/mol. The summed E-state index contributed by atoms with van der Waals surface area (Å²) in [5, 5.41) is 28.8. The highest BCUT2D eigenvalue weighted by molar-refractivity contribution is 7.20. The van der Waals surface area contributed by atoms with Crippen LogP contribution in [0.5, 0.6) is 0 Å². The SMILES string of the molecule is C[Si](c1ccccc1)(c1ccccc1)c1ccc2c(c1)-c1cccc(-c3cccc4c3Cc3ccc([Si](C)(c5ccccc5)c5ccccc5)cc3-4)c1C2.[C-]#[N+]c1ccc([Si](c2ccccc2)(c2ccccc2)c2ccc3c(c2)-c2cc([Si](c4ccccc4)(c4ccccc4)c4ccc(C#N)cc4)ccc2C3)cc1. The molecule has 6 heteroatoms. The van der Waals surface area contributed by atoms with Crippen LogP contribution in [0.3, 0.4) is 0 Å². The Hall–Kier alpha value is -12.6. The first kappa shape index (κ1) is 68.2.